The summed E-state index contributed by atoms with van der Waals surface area (Å²) < 4.78 is 15.0. The molecule has 0 atom stereocenters. The van der Waals surface area contributed by atoms with E-state index >= 15 is 0 Å². The molecule has 0 bridgehead atoms. The number of carbonyl (C=O) groups excluding carboxylic acids is 1. The Hall–Kier alpha value is -2.88. The van der Waals surface area contributed by atoms with Crippen molar-refractivity contribution in [3.8, 4) is 5.69 Å². The van der Waals surface area contributed by atoms with Crippen molar-refractivity contribution in [2.45, 2.75) is 20.8 Å². The van der Waals surface area contributed by atoms with Crippen LogP contribution in [0.2, 0.25) is 0 Å². The van der Waals surface area contributed by atoms with Crippen LogP contribution in [-0.2, 0) is 0 Å². The molecular formula is C21H21FN2O. The second kappa shape index (κ2) is 6.93. The van der Waals surface area contributed by atoms with Crippen LogP contribution in [0.4, 0.5) is 10.1 Å². The molecule has 0 aliphatic carbocycles. The largest absolute Gasteiger partial charge is 0.378 e. The summed E-state index contributed by atoms with van der Waals surface area (Å²) in [7, 11) is 0. The maximum Gasteiger partial charge on any atom is 0.183 e. The molecule has 0 aliphatic rings. The number of hydrogen-bond donors (Lipinski definition) is 1. The topological polar surface area (TPSA) is 34.0 Å². The highest BCUT2D eigenvalue weighted by atomic mass is 19.1. The number of rotatable bonds is 5. The zero-order valence-electron chi connectivity index (χ0n) is 14.6. The summed E-state index contributed by atoms with van der Waals surface area (Å²) in [5, 5.41) is 3.05. The summed E-state index contributed by atoms with van der Waals surface area (Å²) in [6.07, 6.45) is 0. The Kier molecular flexibility index (Phi) is 4.70. The van der Waals surface area contributed by atoms with Gasteiger partial charge in [0, 0.05) is 28.3 Å². The third-order valence-electron chi connectivity index (χ3n) is 4.32. The van der Waals surface area contributed by atoms with E-state index in [0.717, 1.165) is 22.8 Å². The number of carbonyl (C=O) groups is 1. The average molecular weight is 336 g/mol. The second-order valence-electron chi connectivity index (χ2n) is 6.24. The number of ketones is 1. The predicted octanol–water partition coefficient (Wildman–Crippen LogP) is 4.84. The van der Waals surface area contributed by atoms with E-state index in [-0.39, 0.29) is 18.1 Å². The number of Topliss-reactive ketones (excluding diaryl/α,β-unsaturated/α-hetero) is 1. The molecule has 0 amide bonds. The van der Waals surface area contributed by atoms with Gasteiger partial charge in [0.05, 0.1) is 6.54 Å². The Morgan fingerprint density at radius 1 is 1.00 bits per heavy atom. The van der Waals surface area contributed by atoms with Gasteiger partial charge in [-0.1, -0.05) is 17.7 Å². The first kappa shape index (κ1) is 17.0. The zero-order chi connectivity index (χ0) is 18.0. The zero-order valence-corrected chi connectivity index (χ0v) is 14.6. The van der Waals surface area contributed by atoms with Gasteiger partial charge < -0.3 is 9.88 Å². The molecule has 2 aromatic carbocycles. The molecule has 0 fully saturated rings. The Labute approximate surface area is 147 Å². The summed E-state index contributed by atoms with van der Waals surface area (Å²) in [6.45, 7) is 6.17. The Morgan fingerprint density at radius 3 is 2.28 bits per heavy atom. The van der Waals surface area contributed by atoms with Crippen LogP contribution >= 0.6 is 0 Å². The molecule has 0 saturated heterocycles. The Bertz CT molecular complexity index is 893. The van der Waals surface area contributed by atoms with Crippen molar-refractivity contribution in [2.75, 3.05) is 11.9 Å². The van der Waals surface area contributed by atoms with Crippen molar-refractivity contribution in [1.82, 2.24) is 4.57 Å². The molecule has 0 radical (unpaired) electrons. The summed E-state index contributed by atoms with van der Waals surface area (Å²) in [5.41, 5.74) is 5.62. The number of aromatic nitrogens is 1. The predicted molar refractivity (Wildman–Crippen MR) is 99.2 cm³/mol. The van der Waals surface area contributed by atoms with E-state index in [1.165, 1.54) is 17.7 Å². The molecule has 0 unspecified atom stereocenters. The molecular weight excluding hydrogens is 315 g/mol. The normalized spacial score (nSPS) is 10.7. The Balaban J connectivity index is 1.80. The molecule has 25 heavy (non-hydrogen) atoms. The van der Waals surface area contributed by atoms with E-state index in [4.69, 9.17) is 0 Å². The SMILES string of the molecule is Cc1ccc(-n2c(C)cc(C(=O)CNc3ccc(F)cc3)c2C)cc1. The molecule has 3 rings (SSSR count). The van der Waals surface area contributed by atoms with E-state index in [2.05, 4.69) is 41.1 Å². The fourth-order valence-corrected chi connectivity index (χ4v) is 2.98. The highest BCUT2D eigenvalue weighted by Gasteiger charge is 2.16. The van der Waals surface area contributed by atoms with Crippen molar-refractivity contribution >= 4 is 11.5 Å². The van der Waals surface area contributed by atoms with Gasteiger partial charge in [-0.3, -0.25) is 4.79 Å². The van der Waals surface area contributed by atoms with Crippen molar-refractivity contribution in [1.29, 1.82) is 0 Å². The monoisotopic (exact) mass is 336 g/mol. The molecule has 4 heteroatoms. The van der Waals surface area contributed by atoms with Gasteiger partial charge in [0.25, 0.3) is 0 Å². The minimum atomic E-state index is -0.293. The average Bonchev–Trinajstić information content (AvgIpc) is 2.90. The van der Waals surface area contributed by atoms with Crippen molar-refractivity contribution in [3.05, 3.63) is 82.9 Å². The lowest BCUT2D eigenvalue weighted by molar-refractivity contribution is 0.101. The third kappa shape index (κ3) is 3.63. The van der Waals surface area contributed by atoms with Crippen LogP contribution in [-0.4, -0.2) is 16.9 Å². The van der Waals surface area contributed by atoms with Crippen molar-refractivity contribution in [2.24, 2.45) is 0 Å². The van der Waals surface area contributed by atoms with Crippen LogP contribution in [0.15, 0.2) is 54.6 Å². The van der Waals surface area contributed by atoms with E-state index < -0.39 is 0 Å². The lowest BCUT2D eigenvalue weighted by atomic mass is 10.1. The third-order valence-corrected chi connectivity index (χ3v) is 4.32. The number of aryl methyl sites for hydroxylation is 2. The van der Waals surface area contributed by atoms with Gasteiger partial charge in [0.2, 0.25) is 0 Å². The molecule has 1 N–H and O–H groups in total. The summed E-state index contributed by atoms with van der Waals surface area (Å²) in [5.74, 6) is -0.283. The summed E-state index contributed by atoms with van der Waals surface area (Å²) >= 11 is 0. The summed E-state index contributed by atoms with van der Waals surface area (Å²) in [6, 6.07) is 16.1. The van der Waals surface area contributed by atoms with Gasteiger partial charge in [0.1, 0.15) is 5.82 Å². The quantitative estimate of drug-likeness (QED) is 0.677. The van der Waals surface area contributed by atoms with Gasteiger partial charge in [-0.25, -0.2) is 4.39 Å². The van der Waals surface area contributed by atoms with Crippen LogP contribution in [0.3, 0.4) is 0 Å². The first-order chi connectivity index (χ1) is 12.0. The number of anilines is 1. The summed E-state index contributed by atoms with van der Waals surface area (Å²) in [4.78, 5) is 12.6. The van der Waals surface area contributed by atoms with Gasteiger partial charge in [-0.05, 0) is 63.2 Å². The Morgan fingerprint density at radius 2 is 1.64 bits per heavy atom. The molecule has 0 aliphatic heterocycles. The number of halogens is 1. The molecule has 0 saturated carbocycles. The van der Waals surface area contributed by atoms with E-state index in [9.17, 15) is 9.18 Å². The van der Waals surface area contributed by atoms with Crippen LogP contribution in [0.5, 0.6) is 0 Å². The van der Waals surface area contributed by atoms with Gasteiger partial charge in [-0.15, -0.1) is 0 Å². The van der Waals surface area contributed by atoms with E-state index in [0.29, 0.717) is 5.56 Å². The lowest BCUT2D eigenvalue weighted by Gasteiger charge is -2.10. The lowest BCUT2D eigenvalue weighted by Crippen LogP contribution is -2.14. The van der Waals surface area contributed by atoms with Gasteiger partial charge in [-0.2, -0.15) is 0 Å². The molecule has 1 aromatic heterocycles. The molecule has 3 nitrogen and oxygen atoms in total. The van der Waals surface area contributed by atoms with E-state index in [1.807, 2.05) is 19.9 Å². The van der Waals surface area contributed by atoms with Crippen LogP contribution in [0.25, 0.3) is 5.69 Å². The number of benzene rings is 2. The van der Waals surface area contributed by atoms with Crippen molar-refractivity contribution < 1.29 is 9.18 Å². The first-order valence-corrected chi connectivity index (χ1v) is 8.24. The van der Waals surface area contributed by atoms with Gasteiger partial charge in [0.15, 0.2) is 5.78 Å². The first-order valence-electron chi connectivity index (χ1n) is 8.24. The highest BCUT2D eigenvalue weighted by molar-refractivity contribution is 6.00. The number of nitrogens with zero attached hydrogens (tertiary/aromatic N) is 1. The van der Waals surface area contributed by atoms with E-state index in [1.54, 1.807) is 12.1 Å². The maximum atomic E-state index is 12.9. The second-order valence-corrected chi connectivity index (χ2v) is 6.24. The van der Waals surface area contributed by atoms with Crippen LogP contribution in [0, 0.1) is 26.6 Å². The van der Waals surface area contributed by atoms with Crippen molar-refractivity contribution in [3.63, 3.8) is 0 Å². The molecule has 1 heterocycles. The highest BCUT2D eigenvalue weighted by Crippen LogP contribution is 2.22. The smallest absolute Gasteiger partial charge is 0.183 e. The number of nitrogens with one attached hydrogen (secondary N) is 1. The number of hydrogen-bond acceptors (Lipinski definition) is 2. The van der Waals surface area contributed by atoms with Gasteiger partial charge >= 0.3 is 0 Å². The standard InChI is InChI=1S/C21H21FN2O/c1-14-4-10-19(11-5-14)24-15(2)12-20(16(24)3)21(25)13-23-18-8-6-17(22)7-9-18/h4-12,23H,13H2,1-3H3. The molecule has 3 aromatic rings. The minimum absolute atomic E-state index is 0.00999. The van der Waals surface area contributed by atoms with Crippen LogP contribution < -0.4 is 5.32 Å². The molecule has 0 spiro atoms. The fraction of sp³-hybridized carbons (Fsp3) is 0.190. The molecule has 128 valence electrons. The van der Waals surface area contributed by atoms with Crippen LogP contribution in [0.1, 0.15) is 27.3 Å². The maximum absolute atomic E-state index is 12.9. The minimum Gasteiger partial charge on any atom is -0.378 e. The fourth-order valence-electron chi connectivity index (χ4n) is 2.98.